The third kappa shape index (κ3) is 8.23. The molecule has 9 nitrogen and oxygen atoms in total. The van der Waals surface area contributed by atoms with Crippen molar-refractivity contribution in [1.29, 1.82) is 0 Å². The lowest BCUT2D eigenvalue weighted by Crippen LogP contribution is -2.48. The number of H-pyrrole nitrogens is 1. The fourth-order valence-electron chi connectivity index (χ4n) is 7.68. The van der Waals surface area contributed by atoms with Crippen molar-refractivity contribution in [3.05, 3.63) is 73.7 Å². The summed E-state index contributed by atoms with van der Waals surface area (Å²) < 4.78 is 2.87. The Morgan fingerprint density at radius 2 is 1.57 bits per heavy atom. The molecule has 3 aliphatic rings. The molecule has 2 aromatic carbocycles. The molecule has 3 saturated heterocycles. The van der Waals surface area contributed by atoms with Crippen LogP contribution in [0.5, 0.6) is 5.75 Å². The van der Waals surface area contributed by atoms with E-state index < -0.39 is 5.92 Å². The number of aromatic nitrogens is 2. The third-order valence-electron chi connectivity index (χ3n) is 10.4. The second-order valence-electron chi connectivity index (χ2n) is 13.4. The number of amides is 2. The van der Waals surface area contributed by atoms with Gasteiger partial charge in [0.2, 0.25) is 11.8 Å². The molecule has 6 rings (SSSR count). The molecular formula is C36H45Br2N5O4. The minimum atomic E-state index is -0.503. The van der Waals surface area contributed by atoms with Crippen LogP contribution >= 0.6 is 31.9 Å². The Balaban J connectivity index is 1.11. The number of hydrogen-bond acceptors (Lipinski definition) is 5. The number of carbonyl (C=O) groups is 2. The number of aromatic amines is 1. The highest BCUT2D eigenvalue weighted by Gasteiger charge is 2.34. The third-order valence-corrected chi connectivity index (χ3v) is 11.6. The van der Waals surface area contributed by atoms with Gasteiger partial charge in [-0.3, -0.25) is 14.2 Å². The van der Waals surface area contributed by atoms with Crippen LogP contribution in [-0.4, -0.2) is 75.0 Å². The van der Waals surface area contributed by atoms with Crippen molar-refractivity contribution in [3.8, 4) is 17.0 Å². The van der Waals surface area contributed by atoms with Gasteiger partial charge in [0.1, 0.15) is 5.75 Å². The van der Waals surface area contributed by atoms with E-state index in [2.05, 4.69) is 42.2 Å². The summed E-state index contributed by atoms with van der Waals surface area (Å²) in [7, 11) is 0. The SMILES string of the molecule is O=C(CC(Cc1cc(Br)c(O)c(Br)c1)C(=O)N1CCC(C2CCCCCN2)CC1)N1CCC(n2cc(-c3ccccc3)[nH]c2=O)CC1. The Hall–Kier alpha value is -2.89. The number of benzene rings is 2. The fraction of sp³-hybridized carbons (Fsp3) is 0.528. The summed E-state index contributed by atoms with van der Waals surface area (Å²) in [6.07, 6.45) is 10.8. The monoisotopic (exact) mass is 769 g/mol. The highest BCUT2D eigenvalue weighted by molar-refractivity contribution is 9.11. The molecule has 252 valence electrons. The van der Waals surface area contributed by atoms with E-state index in [-0.39, 0.29) is 35.7 Å². The van der Waals surface area contributed by atoms with E-state index in [1.54, 1.807) is 4.57 Å². The number of piperidine rings is 2. The molecule has 3 aliphatic heterocycles. The Morgan fingerprint density at radius 3 is 2.28 bits per heavy atom. The van der Waals surface area contributed by atoms with E-state index in [0.717, 1.165) is 49.3 Å². The van der Waals surface area contributed by atoms with Crippen molar-refractivity contribution in [1.82, 2.24) is 24.7 Å². The van der Waals surface area contributed by atoms with Crippen molar-refractivity contribution in [2.45, 2.75) is 76.3 Å². The average molecular weight is 772 g/mol. The second-order valence-corrected chi connectivity index (χ2v) is 15.2. The number of hydrogen-bond donors (Lipinski definition) is 3. The van der Waals surface area contributed by atoms with Gasteiger partial charge in [-0.25, -0.2) is 4.79 Å². The highest BCUT2D eigenvalue weighted by Crippen LogP contribution is 2.35. The Bertz CT molecular complexity index is 1560. The van der Waals surface area contributed by atoms with E-state index >= 15 is 0 Å². The van der Waals surface area contributed by atoms with Gasteiger partial charge in [0, 0.05) is 50.9 Å². The van der Waals surface area contributed by atoms with Gasteiger partial charge in [-0.1, -0.05) is 43.2 Å². The molecule has 0 spiro atoms. The molecule has 0 saturated carbocycles. The molecule has 4 heterocycles. The first-order valence-corrected chi connectivity index (χ1v) is 18.7. The predicted octanol–water partition coefficient (Wildman–Crippen LogP) is 6.26. The quantitative estimate of drug-likeness (QED) is 0.251. The molecule has 3 fully saturated rings. The topological polar surface area (TPSA) is 111 Å². The van der Waals surface area contributed by atoms with Gasteiger partial charge >= 0.3 is 5.69 Å². The molecule has 0 aliphatic carbocycles. The average Bonchev–Trinajstić information content (AvgIpc) is 3.28. The Labute approximate surface area is 293 Å². The first kappa shape index (κ1) is 34.0. The minimum Gasteiger partial charge on any atom is -0.506 e. The van der Waals surface area contributed by atoms with Crippen LogP contribution in [0.3, 0.4) is 0 Å². The number of halogens is 2. The zero-order chi connectivity index (χ0) is 32.9. The molecule has 0 bridgehead atoms. The summed E-state index contributed by atoms with van der Waals surface area (Å²) in [4.78, 5) is 47.5. The summed E-state index contributed by atoms with van der Waals surface area (Å²) >= 11 is 6.85. The molecular weight excluding hydrogens is 726 g/mol. The minimum absolute atomic E-state index is 0.00799. The molecule has 2 unspecified atom stereocenters. The van der Waals surface area contributed by atoms with Gasteiger partial charge in [0.25, 0.3) is 0 Å². The number of imidazole rings is 1. The lowest BCUT2D eigenvalue weighted by Gasteiger charge is -2.38. The summed E-state index contributed by atoms with van der Waals surface area (Å²) in [5.41, 5.74) is 2.50. The summed E-state index contributed by atoms with van der Waals surface area (Å²) in [5, 5.41) is 14.0. The normalized spacial score (nSPS) is 20.6. The number of nitrogens with one attached hydrogen (secondary N) is 2. The summed E-state index contributed by atoms with van der Waals surface area (Å²) in [6, 6.07) is 14.0. The van der Waals surface area contributed by atoms with Gasteiger partial charge < -0.3 is 25.2 Å². The van der Waals surface area contributed by atoms with Crippen LogP contribution in [0.1, 0.15) is 69.4 Å². The molecule has 2 amide bonds. The maximum Gasteiger partial charge on any atom is 0.326 e. The zero-order valence-corrected chi connectivity index (χ0v) is 30.0. The maximum atomic E-state index is 14.1. The number of phenols is 1. The van der Waals surface area contributed by atoms with Gasteiger partial charge in [0.15, 0.2) is 0 Å². The van der Waals surface area contributed by atoms with Crippen molar-refractivity contribution in [2.75, 3.05) is 32.7 Å². The predicted molar refractivity (Wildman–Crippen MR) is 190 cm³/mol. The van der Waals surface area contributed by atoms with Gasteiger partial charge in [-0.15, -0.1) is 0 Å². The van der Waals surface area contributed by atoms with Crippen LogP contribution in [0.4, 0.5) is 0 Å². The van der Waals surface area contributed by atoms with E-state index in [1.807, 2.05) is 58.5 Å². The first-order chi connectivity index (χ1) is 22.8. The van der Waals surface area contributed by atoms with E-state index in [9.17, 15) is 19.5 Å². The number of aromatic hydroxyl groups is 1. The lowest BCUT2D eigenvalue weighted by molar-refractivity contribution is -0.143. The largest absolute Gasteiger partial charge is 0.506 e. The Kier molecular flexibility index (Phi) is 11.2. The summed E-state index contributed by atoms with van der Waals surface area (Å²) in [6.45, 7) is 3.60. The molecule has 3 aromatic rings. The maximum absolute atomic E-state index is 14.1. The zero-order valence-electron chi connectivity index (χ0n) is 26.8. The van der Waals surface area contributed by atoms with Crippen molar-refractivity contribution in [2.24, 2.45) is 11.8 Å². The smallest absolute Gasteiger partial charge is 0.326 e. The number of likely N-dealkylation sites (tertiary alicyclic amines) is 2. The first-order valence-electron chi connectivity index (χ1n) is 17.1. The molecule has 3 N–H and O–H groups in total. The Morgan fingerprint density at radius 1 is 0.894 bits per heavy atom. The van der Waals surface area contributed by atoms with Crippen LogP contribution in [0.15, 0.2) is 62.4 Å². The van der Waals surface area contributed by atoms with Crippen LogP contribution in [-0.2, 0) is 16.0 Å². The standard InChI is InChI=1S/C36H45Br2N5O4/c37-29-20-24(21-30(38)34(29)45)19-27(35(46)42-15-10-26(11-16-42)31-9-5-2-6-14-39-31)22-33(44)41-17-12-28(13-18-41)43-23-32(40-36(43)47)25-7-3-1-4-8-25/h1,3-4,7-8,20-21,23,26-28,31,39,45H,2,5-6,9-19,22H2,(H,40,47). The van der Waals surface area contributed by atoms with Gasteiger partial charge in [0.05, 0.1) is 20.6 Å². The van der Waals surface area contributed by atoms with Gasteiger partial charge in [-0.05, 0) is 113 Å². The van der Waals surface area contributed by atoms with Crippen molar-refractivity contribution >= 4 is 43.7 Å². The fourth-order valence-corrected chi connectivity index (χ4v) is 8.97. The number of rotatable bonds is 8. The van der Waals surface area contributed by atoms with Crippen LogP contribution in [0.2, 0.25) is 0 Å². The number of phenolic OH excluding ortho intramolecular Hbond substituents is 1. The molecule has 11 heteroatoms. The van der Waals surface area contributed by atoms with Crippen LogP contribution < -0.4 is 11.0 Å². The van der Waals surface area contributed by atoms with E-state index in [4.69, 9.17) is 0 Å². The van der Waals surface area contributed by atoms with Crippen LogP contribution in [0.25, 0.3) is 11.3 Å². The molecule has 47 heavy (non-hydrogen) atoms. The number of nitrogens with zero attached hydrogens (tertiary/aromatic N) is 3. The van der Waals surface area contributed by atoms with Gasteiger partial charge in [-0.2, -0.15) is 0 Å². The van der Waals surface area contributed by atoms with Crippen molar-refractivity contribution < 1.29 is 14.7 Å². The summed E-state index contributed by atoms with van der Waals surface area (Å²) in [5.74, 6) is 0.202. The van der Waals surface area contributed by atoms with Crippen LogP contribution in [0, 0.1) is 11.8 Å². The van der Waals surface area contributed by atoms with Crippen molar-refractivity contribution in [3.63, 3.8) is 0 Å². The molecule has 2 atom stereocenters. The van der Waals surface area contributed by atoms with E-state index in [1.165, 1.54) is 25.7 Å². The molecule has 0 radical (unpaired) electrons. The highest BCUT2D eigenvalue weighted by atomic mass is 79.9. The lowest BCUT2D eigenvalue weighted by atomic mass is 9.86. The molecule has 1 aromatic heterocycles. The second kappa shape index (κ2) is 15.6. The number of carbonyl (C=O) groups excluding carboxylic acids is 2. The van der Waals surface area contributed by atoms with E-state index in [0.29, 0.717) is 53.3 Å².